The lowest BCUT2D eigenvalue weighted by molar-refractivity contribution is 0.0397. The molecule has 5 heteroatoms. The van der Waals surface area contributed by atoms with Crippen molar-refractivity contribution in [1.29, 1.82) is 0 Å². The van der Waals surface area contributed by atoms with E-state index in [0.29, 0.717) is 5.15 Å². The molecule has 104 valence electrons. The number of nitrogens with zero attached hydrogens (tertiary/aromatic N) is 3. The Morgan fingerprint density at radius 2 is 2.10 bits per heavy atom. The molecule has 0 saturated carbocycles. The van der Waals surface area contributed by atoms with Crippen LogP contribution in [0.25, 0.3) is 10.9 Å². The van der Waals surface area contributed by atoms with Gasteiger partial charge in [-0.25, -0.2) is 4.98 Å². The highest BCUT2D eigenvalue weighted by molar-refractivity contribution is 6.32. The molecule has 1 fully saturated rings. The summed E-state index contributed by atoms with van der Waals surface area (Å²) in [6.45, 7) is 5.12. The van der Waals surface area contributed by atoms with Crippen molar-refractivity contribution < 1.29 is 4.74 Å². The summed E-state index contributed by atoms with van der Waals surface area (Å²) in [6.07, 6.45) is 1.78. The zero-order valence-corrected chi connectivity index (χ0v) is 12.1. The van der Waals surface area contributed by atoms with E-state index in [1.807, 2.05) is 24.1 Å². The second-order valence-corrected chi connectivity index (χ2v) is 5.23. The molecule has 0 atom stereocenters. The number of fused-ring (bicyclic) bond motifs is 1. The maximum absolute atomic E-state index is 6.23. The van der Waals surface area contributed by atoms with Gasteiger partial charge in [-0.2, -0.15) is 5.10 Å². The molecule has 2 aromatic rings. The minimum atomic E-state index is 0.486. The standard InChI is InChI=1S/C15H16ClN3O/c1-11-2-3-12-9-13(15(16)18-14(12)8-11)10-17-19-4-6-20-7-5-19/h2-3,8-10H,4-7H2,1H3/b17-10-. The average Bonchev–Trinajstić information content (AvgIpc) is 2.46. The Morgan fingerprint density at radius 1 is 1.30 bits per heavy atom. The molecule has 4 nitrogen and oxygen atoms in total. The van der Waals surface area contributed by atoms with E-state index in [4.69, 9.17) is 16.3 Å². The first-order chi connectivity index (χ1) is 9.72. The fourth-order valence-corrected chi connectivity index (χ4v) is 2.37. The van der Waals surface area contributed by atoms with Crippen LogP contribution in [0, 0.1) is 6.92 Å². The fourth-order valence-electron chi connectivity index (χ4n) is 2.17. The number of hydrazone groups is 1. The number of aromatic nitrogens is 1. The quantitative estimate of drug-likeness (QED) is 0.630. The summed E-state index contributed by atoms with van der Waals surface area (Å²) >= 11 is 6.23. The Labute approximate surface area is 123 Å². The lowest BCUT2D eigenvalue weighted by Crippen LogP contribution is -2.32. The van der Waals surface area contributed by atoms with Crippen molar-refractivity contribution in [1.82, 2.24) is 9.99 Å². The first kappa shape index (κ1) is 13.3. The third-order valence-corrected chi connectivity index (χ3v) is 3.60. The molecule has 2 heterocycles. The minimum Gasteiger partial charge on any atom is -0.378 e. The summed E-state index contributed by atoms with van der Waals surface area (Å²) in [5, 5.41) is 7.99. The number of halogens is 1. The van der Waals surface area contributed by atoms with Gasteiger partial charge in [0.1, 0.15) is 5.15 Å². The average molecular weight is 290 g/mol. The van der Waals surface area contributed by atoms with Gasteiger partial charge in [0, 0.05) is 10.9 Å². The van der Waals surface area contributed by atoms with Crippen LogP contribution in [-0.2, 0) is 4.74 Å². The van der Waals surface area contributed by atoms with Crippen LogP contribution in [0.15, 0.2) is 29.4 Å². The first-order valence-electron chi connectivity index (χ1n) is 6.66. The number of ether oxygens (including phenoxy) is 1. The van der Waals surface area contributed by atoms with Gasteiger partial charge >= 0.3 is 0 Å². The third kappa shape index (κ3) is 2.92. The van der Waals surface area contributed by atoms with Gasteiger partial charge in [0.05, 0.1) is 38.0 Å². The van der Waals surface area contributed by atoms with Crippen molar-refractivity contribution in [2.24, 2.45) is 5.10 Å². The molecule has 0 radical (unpaired) electrons. The molecule has 1 saturated heterocycles. The molecule has 0 aliphatic carbocycles. The first-order valence-corrected chi connectivity index (χ1v) is 7.04. The van der Waals surface area contributed by atoms with Gasteiger partial charge in [-0.1, -0.05) is 23.7 Å². The van der Waals surface area contributed by atoms with Gasteiger partial charge in [-0.05, 0) is 24.6 Å². The van der Waals surface area contributed by atoms with Gasteiger partial charge in [-0.3, -0.25) is 5.01 Å². The number of rotatable bonds is 2. The zero-order valence-electron chi connectivity index (χ0n) is 11.3. The molecule has 0 N–H and O–H groups in total. The van der Waals surface area contributed by atoms with E-state index in [9.17, 15) is 0 Å². The highest BCUT2D eigenvalue weighted by Crippen LogP contribution is 2.20. The molecule has 1 aliphatic heterocycles. The summed E-state index contributed by atoms with van der Waals surface area (Å²) in [5.74, 6) is 0. The minimum absolute atomic E-state index is 0.486. The van der Waals surface area contributed by atoms with E-state index in [1.165, 1.54) is 5.56 Å². The molecule has 3 rings (SSSR count). The lowest BCUT2D eigenvalue weighted by atomic mass is 10.1. The van der Waals surface area contributed by atoms with Crippen LogP contribution in [0.3, 0.4) is 0 Å². The number of benzene rings is 1. The van der Waals surface area contributed by atoms with Gasteiger partial charge in [0.2, 0.25) is 0 Å². The van der Waals surface area contributed by atoms with E-state index in [2.05, 4.69) is 22.2 Å². The second kappa shape index (κ2) is 5.77. The van der Waals surface area contributed by atoms with Crippen LogP contribution >= 0.6 is 11.6 Å². The number of pyridine rings is 1. The predicted octanol–water partition coefficient (Wildman–Crippen LogP) is 2.86. The summed E-state index contributed by atoms with van der Waals surface area (Å²) in [7, 11) is 0. The molecule has 1 aliphatic rings. The molecule has 0 bridgehead atoms. The lowest BCUT2D eigenvalue weighted by Gasteiger charge is -2.23. The zero-order chi connectivity index (χ0) is 13.9. The van der Waals surface area contributed by atoms with E-state index >= 15 is 0 Å². The molecule has 20 heavy (non-hydrogen) atoms. The van der Waals surface area contributed by atoms with Crippen LogP contribution in [0.2, 0.25) is 5.15 Å². The van der Waals surface area contributed by atoms with Crippen LogP contribution in [0.5, 0.6) is 0 Å². The highest BCUT2D eigenvalue weighted by atomic mass is 35.5. The Kier molecular flexibility index (Phi) is 3.85. The Morgan fingerprint density at radius 3 is 2.90 bits per heavy atom. The van der Waals surface area contributed by atoms with Gasteiger partial charge in [-0.15, -0.1) is 0 Å². The second-order valence-electron chi connectivity index (χ2n) is 4.88. The van der Waals surface area contributed by atoms with E-state index in [-0.39, 0.29) is 0 Å². The van der Waals surface area contributed by atoms with Crippen LogP contribution in [0.1, 0.15) is 11.1 Å². The van der Waals surface area contributed by atoms with E-state index in [1.54, 1.807) is 6.21 Å². The number of aryl methyl sites for hydroxylation is 1. The smallest absolute Gasteiger partial charge is 0.138 e. The fraction of sp³-hybridized carbons (Fsp3) is 0.333. The molecule has 0 unspecified atom stereocenters. The van der Waals surface area contributed by atoms with Crippen LogP contribution < -0.4 is 0 Å². The summed E-state index contributed by atoms with van der Waals surface area (Å²) in [5.41, 5.74) is 2.93. The molecule has 0 amide bonds. The van der Waals surface area contributed by atoms with Crippen molar-refractivity contribution in [2.45, 2.75) is 6.92 Å². The SMILES string of the molecule is Cc1ccc2cc(/C=N\N3CCOCC3)c(Cl)nc2c1. The molecule has 1 aromatic heterocycles. The van der Waals surface area contributed by atoms with Crippen molar-refractivity contribution in [2.75, 3.05) is 26.3 Å². The molecule has 0 spiro atoms. The summed E-state index contributed by atoms with van der Waals surface area (Å²) in [4.78, 5) is 4.43. The number of hydrogen-bond acceptors (Lipinski definition) is 4. The predicted molar refractivity (Wildman–Crippen MR) is 81.5 cm³/mol. The maximum Gasteiger partial charge on any atom is 0.138 e. The van der Waals surface area contributed by atoms with Gasteiger partial charge in [0.15, 0.2) is 0 Å². The Balaban J connectivity index is 1.89. The van der Waals surface area contributed by atoms with Gasteiger partial charge < -0.3 is 4.74 Å². The summed E-state index contributed by atoms with van der Waals surface area (Å²) < 4.78 is 5.29. The van der Waals surface area contributed by atoms with Crippen molar-refractivity contribution >= 4 is 28.7 Å². The normalized spacial score (nSPS) is 16.2. The number of morpholine rings is 1. The van der Waals surface area contributed by atoms with Crippen molar-refractivity contribution in [3.63, 3.8) is 0 Å². The van der Waals surface area contributed by atoms with Crippen molar-refractivity contribution in [3.05, 3.63) is 40.5 Å². The number of hydrogen-bond donors (Lipinski definition) is 0. The topological polar surface area (TPSA) is 37.7 Å². The Hall–Kier alpha value is -1.65. The summed E-state index contributed by atoms with van der Waals surface area (Å²) in [6, 6.07) is 8.18. The maximum atomic E-state index is 6.23. The largest absolute Gasteiger partial charge is 0.378 e. The molecular weight excluding hydrogens is 274 g/mol. The van der Waals surface area contributed by atoms with Crippen LogP contribution in [-0.4, -0.2) is 42.5 Å². The van der Waals surface area contributed by atoms with Crippen LogP contribution in [0.4, 0.5) is 0 Å². The van der Waals surface area contributed by atoms with Crippen molar-refractivity contribution in [3.8, 4) is 0 Å². The van der Waals surface area contributed by atoms with Gasteiger partial charge in [0.25, 0.3) is 0 Å². The van der Waals surface area contributed by atoms with E-state index < -0.39 is 0 Å². The monoisotopic (exact) mass is 289 g/mol. The van der Waals surface area contributed by atoms with E-state index in [0.717, 1.165) is 42.8 Å². The molecule has 1 aromatic carbocycles. The highest BCUT2D eigenvalue weighted by Gasteiger charge is 2.08. The third-order valence-electron chi connectivity index (χ3n) is 3.30. The molecular formula is C15H16ClN3O. The Bertz CT molecular complexity index is 651.